The Balaban J connectivity index is 1.97. The van der Waals surface area contributed by atoms with Crippen LogP contribution in [0, 0.1) is 0 Å². The van der Waals surface area contributed by atoms with E-state index < -0.39 is 0 Å². The first-order chi connectivity index (χ1) is 7.56. The highest BCUT2D eigenvalue weighted by Gasteiger charge is 2.45. The highest BCUT2D eigenvalue weighted by Crippen LogP contribution is 2.32. The van der Waals surface area contributed by atoms with Crippen LogP contribution < -0.4 is 0 Å². The molecule has 5 nitrogen and oxygen atoms in total. The van der Waals surface area contributed by atoms with Crippen molar-refractivity contribution >= 4 is 12.0 Å². The molecule has 0 aromatic rings. The Hall–Kier alpha value is -1.52. The Bertz CT molecular complexity index is 332. The summed E-state index contributed by atoms with van der Waals surface area (Å²) in [4.78, 5) is 26.0. The van der Waals surface area contributed by atoms with Crippen LogP contribution in [-0.4, -0.2) is 54.1 Å². The molecule has 0 aromatic carbocycles. The van der Waals surface area contributed by atoms with Crippen molar-refractivity contribution < 1.29 is 14.3 Å². The fourth-order valence-corrected chi connectivity index (χ4v) is 2.32. The number of likely N-dealkylation sites (N-methyl/N-ethyl adjacent to an activating group) is 1. The first kappa shape index (κ1) is 11.0. The SMILES string of the molecule is C=CC(=O)N1CCC2(CC1)CN(C)C(=O)O2. The molecule has 0 N–H and O–H groups in total. The Morgan fingerprint density at radius 2 is 2.12 bits per heavy atom. The minimum Gasteiger partial charge on any atom is -0.441 e. The van der Waals surface area contributed by atoms with Gasteiger partial charge in [-0.05, 0) is 6.08 Å². The van der Waals surface area contributed by atoms with E-state index in [-0.39, 0.29) is 17.6 Å². The summed E-state index contributed by atoms with van der Waals surface area (Å²) in [6.45, 7) is 5.35. The lowest BCUT2D eigenvalue weighted by Gasteiger charge is -2.36. The molecule has 0 aromatic heterocycles. The van der Waals surface area contributed by atoms with Crippen molar-refractivity contribution in [3.05, 3.63) is 12.7 Å². The zero-order valence-electron chi connectivity index (χ0n) is 9.44. The Labute approximate surface area is 94.6 Å². The lowest BCUT2D eigenvalue weighted by Crippen LogP contribution is -2.48. The van der Waals surface area contributed by atoms with Crippen LogP contribution in [0.4, 0.5) is 4.79 Å². The van der Waals surface area contributed by atoms with Gasteiger partial charge < -0.3 is 14.5 Å². The van der Waals surface area contributed by atoms with Crippen LogP contribution >= 0.6 is 0 Å². The first-order valence-corrected chi connectivity index (χ1v) is 5.42. The van der Waals surface area contributed by atoms with Gasteiger partial charge in [-0.15, -0.1) is 0 Å². The monoisotopic (exact) mass is 224 g/mol. The van der Waals surface area contributed by atoms with E-state index in [1.807, 2.05) is 0 Å². The fraction of sp³-hybridized carbons (Fsp3) is 0.636. The summed E-state index contributed by atoms with van der Waals surface area (Å²) in [5.74, 6) is -0.0486. The number of hydrogen-bond donors (Lipinski definition) is 0. The third kappa shape index (κ3) is 1.77. The van der Waals surface area contributed by atoms with Gasteiger partial charge in [0.1, 0.15) is 5.60 Å². The summed E-state index contributed by atoms with van der Waals surface area (Å²) in [5, 5.41) is 0. The van der Waals surface area contributed by atoms with Gasteiger partial charge in [-0.1, -0.05) is 6.58 Å². The number of carbonyl (C=O) groups excluding carboxylic acids is 2. The van der Waals surface area contributed by atoms with Gasteiger partial charge in [0.05, 0.1) is 6.54 Å². The van der Waals surface area contributed by atoms with Gasteiger partial charge in [0.2, 0.25) is 5.91 Å². The number of ether oxygens (including phenoxy) is 1. The van der Waals surface area contributed by atoms with Crippen molar-refractivity contribution in [1.29, 1.82) is 0 Å². The third-order valence-electron chi connectivity index (χ3n) is 3.30. The lowest BCUT2D eigenvalue weighted by atomic mass is 9.91. The number of likely N-dealkylation sites (tertiary alicyclic amines) is 1. The van der Waals surface area contributed by atoms with Gasteiger partial charge >= 0.3 is 6.09 Å². The molecular weight excluding hydrogens is 208 g/mol. The molecule has 5 heteroatoms. The second-order valence-electron chi connectivity index (χ2n) is 4.44. The summed E-state index contributed by atoms with van der Waals surface area (Å²) in [7, 11) is 1.73. The highest BCUT2D eigenvalue weighted by molar-refractivity contribution is 5.87. The van der Waals surface area contributed by atoms with Crippen LogP contribution in [0.25, 0.3) is 0 Å². The lowest BCUT2D eigenvalue weighted by molar-refractivity contribution is -0.129. The van der Waals surface area contributed by atoms with Gasteiger partial charge in [0, 0.05) is 33.0 Å². The van der Waals surface area contributed by atoms with Gasteiger partial charge in [0.15, 0.2) is 0 Å². The molecule has 0 atom stereocenters. The molecule has 0 radical (unpaired) electrons. The molecule has 0 bridgehead atoms. The molecule has 16 heavy (non-hydrogen) atoms. The molecular formula is C11H16N2O3. The van der Waals surface area contributed by atoms with Crippen molar-refractivity contribution in [3.63, 3.8) is 0 Å². The van der Waals surface area contributed by atoms with E-state index in [1.54, 1.807) is 16.8 Å². The average molecular weight is 224 g/mol. The van der Waals surface area contributed by atoms with E-state index >= 15 is 0 Å². The average Bonchev–Trinajstić information content (AvgIpc) is 2.54. The van der Waals surface area contributed by atoms with Crippen molar-refractivity contribution in [2.45, 2.75) is 18.4 Å². The summed E-state index contributed by atoms with van der Waals surface area (Å²) in [5.41, 5.74) is -0.371. The van der Waals surface area contributed by atoms with Crippen molar-refractivity contribution in [2.75, 3.05) is 26.7 Å². The minimum atomic E-state index is -0.371. The Morgan fingerprint density at radius 1 is 1.50 bits per heavy atom. The first-order valence-electron chi connectivity index (χ1n) is 5.42. The summed E-state index contributed by atoms with van der Waals surface area (Å²) in [6.07, 6.45) is 2.49. The quantitative estimate of drug-likeness (QED) is 0.613. The maximum atomic E-state index is 11.4. The van der Waals surface area contributed by atoms with Gasteiger partial charge in [0.25, 0.3) is 0 Å². The van der Waals surface area contributed by atoms with E-state index in [0.29, 0.717) is 32.5 Å². The smallest absolute Gasteiger partial charge is 0.410 e. The predicted molar refractivity (Wildman–Crippen MR) is 57.9 cm³/mol. The molecule has 2 aliphatic heterocycles. The summed E-state index contributed by atoms with van der Waals surface area (Å²) >= 11 is 0. The summed E-state index contributed by atoms with van der Waals surface area (Å²) < 4.78 is 5.39. The van der Waals surface area contributed by atoms with Crippen LogP contribution in [0.5, 0.6) is 0 Å². The molecule has 2 saturated heterocycles. The topological polar surface area (TPSA) is 49.9 Å². The van der Waals surface area contributed by atoms with Gasteiger partial charge in [-0.3, -0.25) is 4.79 Å². The molecule has 1 spiro atoms. The van der Waals surface area contributed by atoms with Crippen LogP contribution in [-0.2, 0) is 9.53 Å². The van der Waals surface area contributed by atoms with Crippen LogP contribution in [0.1, 0.15) is 12.8 Å². The Morgan fingerprint density at radius 3 is 2.56 bits per heavy atom. The summed E-state index contributed by atoms with van der Waals surface area (Å²) in [6, 6.07) is 0. The van der Waals surface area contributed by atoms with E-state index in [9.17, 15) is 9.59 Å². The number of nitrogens with zero attached hydrogens (tertiary/aromatic N) is 2. The number of carbonyl (C=O) groups is 2. The standard InChI is InChI=1S/C11H16N2O3/c1-3-9(14)13-6-4-11(5-7-13)8-12(2)10(15)16-11/h3H,1,4-8H2,2H3. The van der Waals surface area contributed by atoms with Crippen molar-refractivity contribution in [2.24, 2.45) is 0 Å². The van der Waals surface area contributed by atoms with E-state index in [4.69, 9.17) is 4.74 Å². The maximum absolute atomic E-state index is 11.4. The van der Waals surface area contributed by atoms with E-state index in [1.165, 1.54) is 6.08 Å². The number of rotatable bonds is 1. The fourth-order valence-electron chi connectivity index (χ4n) is 2.32. The Kier molecular flexibility index (Phi) is 2.61. The highest BCUT2D eigenvalue weighted by atomic mass is 16.6. The molecule has 0 aliphatic carbocycles. The van der Waals surface area contributed by atoms with E-state index in [2.05, 4.69) is 6.58 Å². The molecule has 2 heterocycles. The van der Waals surface area contributed by atoms with Crippen molar-refractivity contribution in [1.82, 2.24) is 9.80 Å². The second-order valence-corrected chi connectivity index (χ2v) is 4.44. The predicted octanol–water partition coefficient (Wildman–Crippen LogP) is 0.616. The normalized spacial score (nSPS) is 23.4. The molecule has 0 saturated carbocycles. The van der Waals surface area contributed by atoms with Crippen molar-refractivity contribution in [3.8, 4) is 0 Å². The van der Waals surface area contributed by atoms with E-state index in [0.717, 1.165) is 0 Å². The largest absolute Gasteiger partial charge is 0.441 e. The molecule has 88 valence electrons. The van der Waals surface area contributed by atoms with Gasteiger partial charge in [-0.25, -0.2) is 4.79 Å². The minimum absolute atomic E-state index is 0.0486. The molecule has 2 amide bonds. The number of amides is 2. The second kappa shape index (κ2) is 3.81. The third-order valence-corrected chi connectivity index (χ3v) is 3.30. The molecule has 2 rings (SSSR count). The van der Waals surface area contributed by atoms with Crippen LogP contribution in [0.15, 0.2) is 12.7 Å². The zero-order valence-corrected chi connectivity index (χ0v) is 9.44. The number of piperidine rings is 1. The number of hydrogen-bond acceptors (Lipinski definition) is 3. The maximum Gasteiger partial charge on any atom is 0.410 e. The molecule has 0 unspecified atom stereocenters. The van der Waals surface area contributed by atoms with Crippen LogP contribution in [0.3, 0.4) is 0 Å². The van der Waals surface area contributed by atoms with Crippen LogP contribution in [0.2, 0.25) is 0 Å². The molecule has 2 aliphatic rings. The molecule has 2 fully saturated rings. The zero-order chi connectivity index (χ0) is 11.8. The van der Waals surface area contributed by atoms with Gasteiger partial charge in [-0.2, -0.15) is 0 Å².